The normalized spacial score (nSPS) is 11.4. The Morgan fingerprint density at radius 3 is 2.24 bits per heavy atom. The molecule has 0 spiro atoms. The van der Waals surface area contributed by atoms with E-state index < -0.39 is 15.9 Å². The highest BCUT2D eigenvalue weighted by molar-refractivity contribution is 7.86. The van der Waals surface area contributed by atoms with E-state index >= 15 is 0 Å². The Labute approximate surface area is 141 Å². The van der Waals surface area contributed by atoms with E-state index in [4.69, 9.17) is 50.6 Å². The van der Waals surface area contributed by atoms with Crippen molar-refractivity contribution < 1.29 is 12.6 Å². The zero-order valence-corrected chi connectivity index (χ0v) is 14.0. The summed E-state index contributed by atoms with van der Waals surface area (Å²) in [7, 11) is -4.03. The maximum atomic E-state index is 12.0. The van der Waals surface area contributed by atoms with E-state index in [1.807, 2.05) is 0 Å². The highest BCUT2D eigenvalue weighted by Gasteiger charge is 2.20. The van der Waals surface area contributed by atoms with Gasteiger partial charge in [-0.25, -0.2) is 4.98 Å². The van der Waals surface area contributed by atoms with Crippen molar-refractivity contribution >= 4 is 56.5 Å². The van der Waals surface area contributed by atoms with Crippen molar-refractivity contribution in [3.8, 4) is 5.88 Å². The lowest BCUT2D eigenvalue weighted by Crippen LogP contribution is -2.13. The van der Waals surface area contributed by atoms with Crippen LogP contribution in [0.1, 0.15) is 5.56 Å². The average Bonchev–Trinajstić information content (AvgIpc) is 2.37. The van der Waals surface area contributed by atoms with Gasteiger partial charge in [0.2, 0.25) is 0 Å². The largest absolute Gasteiger partial charge is 0.360 e. The Bertz CT molecular complexity index is 760. The lowest BCUT2D eigenvalue weighted by atomic mass is 10.2. The van der Waals surface area contributed by atoms with Crippen molar-refractivity contribution in [3.05, 3.63) is 56.1 Å². The Balaban J connectivity index is 2.27. The average molecular weight is 387 g/mol. The van der Waals surface area contributed by atoms with Crippen LogP contribution in [0, 0.1) is 0 Å². The van der Waals surface area contributed by atoms with Crippen LogP contribution in [0.15, 0.2) is 30.5 Å². The molecule has 112 valence electrons. The van der Waals surface area contributed by atoms with Gasteiger partial charge in [-0.2, -0.15) is 8.42 Å². The molecule has 0 fully saturated rings. The van der Waals surface area contributed by atoms with Crippen molar-refractivity contribution in [2.75, 3.05) is 0 Å². The van der Waals surface area contributed by atoms with Crippen LogP contribution in [0.25, 0.3) is 0 Å². The number of benzene rings is 1. The number of rotatable bonds is 4. The van der Waals surface area contributed by atoms with Gasteiger partial charge in [0.25, 0.3) is 5.88 Å². The molecule has 21 heavy (non-hydrogen) atoms. The molecule has 0 unspecified atom stereocenters. The van der Waals surface area contributed by atoms with Gasteiger partial charge >= 0.3 is 10.1 Å². The molecule has 0 saturated carbocycles. The third kappa shape index (κ3) is 4.37. The summed E-state index contributed by atoms with van der Waals surface area (Å²) in [6, 6.07) is 6.00. The fourth-order valence-electron chi connectivity index (χ4n) is 1.46. The number of halogens is 4. The van der Waals surface area contributed by atoms with Gasteiger partial charge in [0.05, 0.1) is 5.02 Å². The first-order valence-electron chi connectivity index (χ1n) is 5.44. The lowest BCUT2D eigenvalue weighted by Gasteiger charge is -2.09. The number of hydrogen-bond donors (Lipinski definition) is 0. The number of hydrogen-bond acceptors (Lipinski definition) is 4. The quantitative estimate of drug-likeness (QED) is 0.720. The molecule has 1 heterocycles. The van der Waals surface area contributed by atoms with Crippen LogP contribution in [0.3, 0.4) is 0 Å². The summed E-state index contributed by atoms with van der Waals surface area (Å²) in [4.78, 5) is 3.72. The molecule has 0 saturated heterocycles. The van der Waals surface area contributed by atoms with E-state index in [1.165, 1.54) is 24.4 Å². The van der Waals surface area contributed by atoms with Crippen LogP contribution < -0.4 is 4.18 Å². The molecule has 0 amide bonds. The van der Waals surface area contributed by atoms with Gasteiger partial charge in [-0.3, -0.25) is 0 Å². The van der Waals surface area contributed by atoms with Crippen molar-refractivity contribution in [1.29, 1.82) is 0 Å². The summed E-state index contributed by atoms with van der Waals surface area (Å²) in [6.45, 7) is 0. The van der Waals surface area contributed by atoms with Crippen LogP contribution in [-0.4, -0.2) is 13.4 Å². The van der Waals surface area contributed by atoms with E-state index in [0.717, 1.165) is 0 Å². The van der Waals surface area contributed by atoms with Gasteiger partial charge in [-0.15, -0.1) is 0 Å². The second-order valence-electron chi connectivity index (χ2n) is 3.93. The fourth-order valence-corrected chi connectivity index (χ4v) is 3.71. The molecule has 0 aliphatic heterocycles. The SMILES string of the molecule is O=S(=O)(Cc1c(Cl)cccc1Cl)Oc1ncc(Cl)cc1Cl. The number of aromatic nitrogens is 1. The van der Waals surface area contributed by atoms with Gasteiger partial charge in [0.15, 0.2) is 0 Å². The third-order valence-corrected chi connectivity index (χ3v) is 4.60. The van der Waals surface area contributed by atoms with Crippen molar-refractivity contribution in [3.63, 3.8) is 0 Å². The van der Waals surface area contributed by atoms with Gasteiger partial charge in [-0.1, -0.05) is 52.5 Å². The van der Waals surface area contributed by atoms with Crippen molar-refractivity contribution in [2.24, 2.45) is 0 Å². The van der Waals surface area contributed by atoms with Gasteiger partial charge in [-0.05, 0) is 18.2 Å². The Hall–Kier alpha value is -0.720. The molecule has 0 aliphatic carbocycles. The van der Waals surface area contributed by atoms with E-state index in [-0.39, 0.29) is 31.5 Å². The van der Waals surface area contributed by atoms with Gasteiger partial charge < -0.3 is 4.18 Å². The third-order valence-electron chi connectivity index (χ3n) is 2.36. The molecule has 0 atom stereocenters. The minimum absolute atomic E-state index is 0.0173. The molecule has 1 aromatic heterocycles. The summed E-state index contributed by atoms with van der Waals surface area (Å²) >= 11 is 23.3. The van der Waals surface area contributed by atoms with Crippen molar-refractivity contribution in [2.45, 2.75) is 5.75 Å². The van der Waals surface area contributed by atoms with Crippen molar-refractivity contribution in [1.82, 2.24) is 4.98 Å². The standard InChI is InChI=1S/C12H7Cl4NO3S/c13-7-4-11(16)12(17-5-7)20-21(18,19)6-8-9(14)2-1-3-10(8)15/h1-5H,6H2. The second kappa shape index (κ2) is 6.58. The summed E-state index contributed by atoms with van der Waals surface area (Å²) in [6.07, 6.45) is 1.22. The Morgan fingerprint density at radius 2 is 1.67 bits per heavy atom. The molecule has 0 radical (unpaired) electrons. The van der Waals surface area contributed by atoms with Crippen LogP contribution in [0.4, 0.5) is 0 Å². The lowest BCUT2D eigenvalue weighted by molar-refractivity contribution is 0.475. The van der Waals surface area contributed by atoms with Crippen LogP contribution in [-0.2, 0) is 15.9 Å². The second-order valence-corrected chi connectivity index (χ2v) is 7.15. The minimum atomic E-state index is -4.03. The maximum absolute atomic E-state index is 12.0. The summed E-state index contributed by atoms with van der Waals surface area (Å²) in [5.74, 6) is -0.768. The predicted octanol–water partition coefficient (Wildman–Crippen LogP) is 4.60. The Morgan fingerprint density at radius 1 is 1.05 bits per heavy atom. The summed E-state index contributed by atoms with van der Waals surface area (Å²) in [5, 5.41) is 0.699. The molecule has 4 nitrogen and oxygen atoms in total. The minimum Gasteiger partial charge on any atom is -0.360 e. The molecule has 2 aromatic rings. The van der Waals surface area contributed by atoms with Crippen LogP contribution in [0.5, 0.6) is 5.88 Å². The molecule has 1 aromatic carbocycles. The van der Waals surface area contributed by atoms with Crippen LogP contribution in [0.2, 0.25) is 20.1 Å². The number of nitrogens with zero attached hydrogens (tertiary/aromatic N) is 1. The van der Waals surface area contributed by atoms with Gasteiger partial charge in [0.1, 0.15) is 10.8 Å². The highest BCUT2D eigenvalue weighted by Crippen LogP contribution is 2.29. The smallest absolute Gasteiger partial charge is 0.315 e. The molecular formula is C12H7Cl4NO3S. The van der Waals surface area contributed by atoms with Gasteiger partial charge in [0, 0.05) is 21.8 Å². The molecule has 2 rings (SSSR count). The monoisotopic (exact) mass is 385 g/mol. The molecule has 0 aliphatic rings. The van der Waals surface area contributed by atoms with E-state index in [0.29, 0.717) is 0 Å². The van der Waals surface area contributed by atoms with Crippen LogP contribution >= 0.6 is 46.4 Å². The van der Waals surface area contributed by atoms with E-state index in [2.05, 4.69) is 4.98 Å². The maximum Gasteiger partial charge on any atom is 0.315 e. The summed E-state index contributed by atoms with van der Waals surface area (Å²) in [5.41, 5.74) is 0.242. The molecule has 0 bridgehead atoms. The first-order chi connectivity index (χ1) is 9.78. The topological polar surface area (TPSA) is 56.3 Å². The summed E-state index contributed by atoms with van der Waals surface area (Å²) < 4.78 is 28.9. The zero-order chi connectivity index (χ0) is 15.6. The number of pyridine rings is 1. The highest BCUT2D eigenvalue weighted by atomic mass is 35.5. The fraction of sp³-hybridized carbons (Fsp3) is 0.0833. The van der Waals surface area contributed by atoms with E-state index in [1.54, 1.807) is 6.07 Å². The van der Waals surface area contributed by atoms with E-state index in [9.17, 15) is 8.42 Å². The molecule has 9 heteroatoms. The Kier molecular flexibility index (Phi) is 5.22. The first-order valence-corrected chi connectivity index (χ1v) is 8.53. The molecule has 0 N–H and O–H groups in total. The predicted molar refractivity (Wildman–Crippen MR) is 84.0 cm³/mol. The zero-order valence-electron chi connectivity index (χ0n) is 10.2. The molecular weight excluding hydrogens is 380 g/mol. The first kappa shape index (κ1) is 16.6.